The molecule has 0 radical (unpaired) electrons. The third-order valence-corrected chi connectivity index (χ3v) is 6.22. The van der Waals surface area contributed by atoms with Gasteiger partial charge in [0.1, 0.15) is 16.9 Å². The first-order valence-electron chi connectivity index (χ1n) is 9.72. The van der Waals surface area contributed by atoms with E-state index >= 15 is 0 Å². The minimum Gasteiger partial charge on any atom is -0.497 e. The van der Waals surface area contributed by atoms with Gasteiger partial charge in [-0.15, -0.1) is 11.8 Å². The van der Waals surface area contributed by atoms with Crippen LogP contribution in [-0.2, 0) is 4.79 Å². The van der Waals surface area contributed by atoms with E-state index in [0.29, 0.717) is 28.5 Å². The van der Waals surface area contributed by atoms with Gasteiger partial charge in [-0.25, -0.2) is 0 Å². The number of ether oxygens (including phenoxy) is 2. The van der Waals surface area contributed by atoms with Crippen LogP contribution in [0.25, 0.3) is 0 Å². The Hall–Kier alpha value is -3.45. The first-order chi connectivity index (χ1) is 15.1. The first kappa shape index (κ1) is 20.8. The average molecular weight is 435 g/mol. The summed E-state index contributed by atoms with van der Waals surface area (Å²) in [5.41, 5.74) is 3.02. The van der Waals surface area contributed by atoms with Gasteiger partial charge in [-0.3, -0.25) is 14.5 Å². The number of benzene rings is 3. The van der Waals surface area contributed by atoms with E-state index < -0.39 is 0 Å². The molecule has 1 N–H and O–H groups in total. The van der Waals surface area contributed by atoms with Crippen LogP contribution >= 0.6 is 11.8 Å². The zero-order valence-electron chi connectivity index (χ0n) is 17.2. The molecule has 0 spiro atoms. The second kappa shape index (κ2) is 9.14. The molecule has 1 aliphatic rings. The monoisotopic (exact) mass is 434 g/mol. The average Bonchev–Trinajstić information content (AvgIpc) is 3.21. The molecular formula is C24H22N2O4S. The summed E-state index contributed by atoms with van der Waals surface area (Å²) in [6, 6.07) is 22.0. The van der Waals surface area contributed by atoms with Crippen molar-refractivity contribution in [1.29, 1.82) is 0 Å². The molecule has 7 heteroatoms. The lowest BCUT2D eigenvalue weighted by atomic mass is 10.1. The summed E-state index contributed by atoms with van der Waals surface area (Å²) < 4.78 is 10.4. The second-order valence-electron chi connectivity index (χ2n) is 6.93. The molecule has 31 heavy (non-hydrogen) atoms. The third kappa shape index (κ3) is 4.51. The first-order valence-corrected chi connectivity index (χ1v) is 10.8. The van der Waals surface area contributed by atoms with Gasteiger partial charge >= 0.3 is 0 Å². The normalized spacial score (nSPS) is 15.6. The van der Waals surface area contributed by atoms with Gasteiger partial charge in [-0.05, 0) is 54.1 Å². The summed E-state index contributed by atoms with van der Waals surface area (Å²) in [6.07, 6.45) is 0. The highest BCUT2D eigenvalue weighted by Crippen LogP contribution is 2.42. The third-order valence-electron chi connectivity index (χ3n) is 5.01. The standard InChI is InChI=1S/C24H22N2O4S/c1-29-20-12-8-16(9-13-20)23(28)25-18-10-6-17(7-11-18)24-26(22(27)15-31-24)19-4-3-5-21(14-19)30-2/h3-14,24H,15H2,1-2H3,(H,25,28)/t24-/m1/s1. The van der Waals surface area contributed by atoms with Crippen LogP contribution in [0, 0.1) is 0 Å². The fourth-order valence-corrected chi connectivity index (χ4v) is 4.56. The molecule has 1 heterocycles. The largest absolute Gasteiger partial charge is 0.497 e. The van der Waals surface area contributed by atoms with E-state index in [1.807, 2.05) is 48.5 Å². The number of hydrogen-bond acceptors (Lipinski definition) is 5. The van der Waals surface area contributed by atoms with Crippen molar-refractivity contribution >= 4 is 35.0 Å². The van der Waals surface area contributed by atoms with Gasteiger partial charge in [0.05, 0.1) is 20.0 Å². The van der Waals surface area contributed by atoms with Crippen LogP contribution in [0.15, 0.2) is 72.8 Å². The zero-order chi connectivity index (χ0) is 21.8. The van der Waals surface area contributed by atoms with Gasteiger partial charge in [-0.2, -0.15) is 0 Å². The predicted molar refractivity (Wildman–Crippen MR) is 123 cm³/mol. The minimum absolute atomic E-state index is 0.0557. The number of carbonyl (C=O) groups is 2. The van der Waals surface area contributed by atoms with Crippen molar-refractivity contribution in [2.75, 3.05) is 30.2 Å². The van der Waals surface area contributed by atoms with Gasteiger partial charge < -0.3 is 14.8 Å². The van der Waals surface area contributed by atoms with Crippen molar-refractivity contribution in [3.63, 3.8) is 0 Å². The maximum absolute atomic E-state index is 12.6. The van der Waals surface area contributed by atoms with E-state index in [9.17, 15) is 9.59 Å². The van der Waals surface area contributed by atoms with E-state index in [-0.39, 0.29) is 17.2 Å². The fourth-order valence-electron chi connectivity index (χ4n) is 3.39. The number of anilines is 2. The van der Waals surface area contributed by atoms with E-state index in [2.05, 4.69) is 5.32 Å². The zero-order valence-corrected chi connectivity index (χ0v) is 18.0. The number of hydrogen-bond donors (Lipinski definition) is 1. The second-order valence-corrected chi connectivity index (χ2v) is 8.00. The van der Waals surface area contributed by atoms with E-state index in [1.54, 1.807) is 55.1 Å². The summed E-state index contributed by atoms with van der Waals surface area (Å²) in [5.74, 6) is 1.68. The van der Waals surface area contributed by atoms with Crippen molar-refractivity contribution in [3.8, 4) is 11.5 Å². The lowest BCUT2D eigenvalue weighted by molar-refractivity contribution is -0.115. The van der Waals surface area contributed by atoms with E-state index in [4.69, 9.17) is 9.47 Å². The minimum atomic E-state index is -0.196. The number of nitrogens with zero attached hydrogens (tertiary/aromatic N) is 1. The van der Waals surface area contributed by atoms with Crippen LogP contribution in [0.5, 0.6) is 11.5 Å². The lowest BCUT2D eigenvalue weighted by Gasteiger charge is -2.25. The smallest absolute Gasteiger partial charge is 0.255 e. The molecule has 3 aromatic rings. The van der Waals surface area contributed by atoms with Gasteiger partial charge in [-0.1, -0.05) is 18.2 Å². The molecule has 1 fully saturated rings. The molecule has 0 aliphatic carbocycles. The van der Waals surface area contributed by atoms with Crippen molar-refractivity contribution in [2.24, 2.45) is 0 Å². The van der Waals surface area contributed by atoms with E-state index in [0.717, 1.165) is 11.3 Å². The summed E-state index contributed by atoms with van der Waals surface area (Å²) in [7, 11) is 3.19. The Bertz CT molecular complexity index is 1080. The highest BCUT2D eigenvalue weighted by Gasteiger charge is 2.34. The Morgan fingerprint density at radius 2 is 1.68 bits per heavy atom. The van der Waals surface area contributed by atoms with Crippen molar-refractivity contribution in [3.05, 3.63) is 83.9 Å². The fraction of sp³-hybridized carbons (Fsp3) is 0.167. The van der Waals surface area contributed by atoms with Gasteiger partial charge in [0.2, 0.25) is 5.91 Å². The molecular weight excluding hydrogens is 412 g/mol. The molecule has 2 amide bonds. The van der Waals surface area contributed by atoms with Crippen molar-refractivity contribution in [1.82, 2.24) is 0 Å². The van der Waals surface area contributed by atoms with Crippen LogP contribution < -0.4 is 19.7 Å². The molecule has 0 saturated carbocycles. The maximum atomic E-state index is 12.6. The summed E-state index contributed by atoms with van der Waals surface area (Å²) in [5, 5.41) is 2.76. The van der Waals surface area contributed by atoms with Crippen LogP contribution in [0.2, 0.25) is 0 Å². The van der Waals surface area contributed by atoms with Crippen LogP contribution in [0.4, 0.5) is 11.4 Å². The highest BCUT2D eigenvalue weighted by atomic mass is 32.2. The van der Waals surface area contributed by atoms with Gasteiger partial charge in [0, 0.05) is 23.0 Å². The summed E-state index contributed by atoms with van der Waals surface area (Å²) in [6.45, 7) is 0. The Morgan fingerprint density at radius 3 is 2.35 bits per heavy atom. The SMILES string of the molecule is COc1ccc(C(=O)Nc2ccc([C@H]3SCC(=O)N3c3cccc(OC)c3)cc2)cc1. The number of nitrogens with one attached hydrogen (secondary N) is 1. The molecule has 3 aromatic carbocycles. The molecule has 1 saturated heterocycles. The molecule has 0 bridgehead atoms. The quantitative estimate of drug-likeness (QED) is 0.607. The Kier molecular flexibility index (Phi) is 6.13. The van der Waals surface area contributed by atoms with Gasteiger partial charge in [0.15, 0.2) is 0 Å². The topological polar surface area (TPSA) is 67.9 Å². The summed E-state index contributed by atoms with van der Waals surface area (Å²) >= 11 is 1.58. The molecule has 158 valence electrons. The summed E-state index contributed by atoms with van der Waals surface area (Å²) in [4.78, 5) is 26.8. The van der Waals surface area contributed by atoms with Gasteiger partial charge in [0.25, 0.3) is 5.91 Å². The van der Waals surface area contributed by atoms with E-state index in [1.165, 1.54) is 0 Å². The van der Waals surface area contributed by atoms with Crippen LogP contribution in [-0.4, -0.2) is 31.8 Å². The highest BCUT2D eigenvalue weighted by molar-refractivity contribution is 8.00. The lowest BCUT2D eigenvalue weighted by Crippen LogP contribution is -2.27. The molecule has 0 aromatic heterocycles. The Morgan fingerprint density at radius 1 is 0.968 bits per heavy atom. The Balaban J connectivity index is 1.50. The molecule has 1 atom stereocenters. The van der Waals surface area contributed by atoms with Crippen LogP contribution in [0.1, 0.15) is 21.3 Å². The molecule has 6 nitrogen and oxygen atoms in total. The molecule has 1 aliphatic heterocycles. The Labute approximate surface area is 185 Å². The number of thioether (sulfide) groups is 1. The number of amides is 2. The molecule has 0 unspecified atom stereocenters. The molecule has 4 rings (SSSR count). The number of carbonyl (C=O) groups excluding carboxylic acids is 2. The van der Waals surface area contributed by atoms with Crippen molar-refractivity contribution < 1.29 is 19.1 Å². The maximum Gasteiger partial charge on any atom is 0.255 e. The number of methoxy groups -OCH3 is 2. The predicted octanol–water partition coefficient (Wildman–Crippen LogP) is 4.73. The van der Waals surface area contributed by atoms with Crippen molar-refractivity contribution in [2.45, 2.75) is 5.37 Å². The number of rotatable bonds is 6. The van der Waals surface area contributed by atoms with Crippen LogP contribution in [0.3, 0.4) is 0 Å².